The van der Waals surface area contributed by atoms with E-state index in [9.17, 15) is 4.79 Å². The zero-order valence-corrected chi connectivity index (χ0v) is 13.8. The fraction of sp³-hybridized carbons (Fsp3) is 0.444. The Kier molecular flexibility index (Phi) is 4.48. The Morgan fingerprint density at radius 3 is 2.78 bits per heavy atom. The predicted octanol–water partition coefficient (Wildman–Crippen LogP) is 3.19. The zero-order valence-electron chi connectivity index (χ0n) is 13.8. The van der Waals surface area contributed by atoms with Gasteiger partial charge >= 0.3 is 0 Å². The van der Waals surface area contributed by atoms with Crippen LogP contribution in [0.15, 0.2) is 40.9 Å². The highest BCUT2D eigenvalue weighted by molar-refractivity contribution is 5.93. The van der Waals surface area contributed by atoms with Gasteiger partial charge in [-0.1, -0.05) is 35.5 Å². The Balaban J connectivity index is 1.66. The number of carbonyl (C=O) groups excluding carboxylic acids is 1. The lowest BCUT2D eigenvalue weighted by Crippen LogP contribution is -2.44. The number of benzene rings is 1. The van der Waals surface area contributed by atoms with E-state index in [0.717, 1.165) is 18.7 Å². The van der Waals surface area contributed by atoms with Crippen molar-refractivity contribution in [3.05, 3.63) is 47.7 Å². The summed E-state index contributed by atoms with van der Waals surface area (Å²) >= 11 is 0. The highest BCUT2D eigenvalue weighted by Crippen LogP contribution is 2.34. The second-order valence-electron chi connectivity index (χ2n) is 6.28. The van der Waals surface area contributed by atoms with Crippen molar-refractivity contribution in [3.8, 4) is 0 Å². The van der Waals surface area contributed by atoms with E-state index in [0.29, 0.717) is 17.8 Å². The van der Waals surface area contributed by atoms with Crippen LogP contribution in [0.1, 0.15) is 37.4 Å². The van der Waals surface area contributed by atoms with Crippen LogP contribution in [0.4, 0.5) is 5.88 Å². The van der Waals surface area contributed by atoms with Crippen molar-refractivity contribution in [1.82, 2.24) is 10.1 Å². The topological polar surface area (TPSA) is 58.4 Å². The van der Waals surface area contributed by atoms with Crippen molar-refractivity contribution in [3.63, 3.8) is 0 Å². The van der Waals surface area contributed by atoms with Gasteiger partial charge in [-0.3, -0.25) is 15.0 Å². The number of hydrogen-bond acceptors (Lipinski definition) is 4. The molecule has 122 valence electrons. The molecule has 1 aliphatic heterocycles. The SMILES string of the molecule is Cc1cc(NC(=O)C(C)N2CCC(c3ccccc3)C2C)on1. The third-order valence-electron chi connectivity index (χ3n) is 4.78. The lowest BCUT2D eigenvalue weighted by molar-refractivity contribution is -0.121. The van der Waals surface area contributed by atoms with Gasteiger partial charge in [0.15, 0.2) is 0 Å². The summed E-state index contributed by atoms with van der Waals surface area (Å²) in [6, 6.07) is 12.4. The van der Waals surface area contributed by atoms with Crippen molar-refractivity contribution in [2.75, 3.05) is 11.9 Å². The first kappa shape index (κ1) is 15.7. The molecule has 3 rings (SSSR count). The maximum atomic E-state index is 12.5. The lowest BCUT2D eigenvalue weighted by atomic mass is 9.92. The normalized spacial score (nSPS) is 22.9. The van der Waals surface area contributed by atoms with Crippen LogP contribution in [0.5, 0.6) is 0 Å². The Bertz CT molecular complexity index is 668. The number of nitrogens with zero attached hydrogens (tertiary/aromatic N) is 2. The van der Waals surface area contributed by atoms with Crippen LogP contribution < -0.4 is 5.32 Å². The molecule has 1 fully saturated rings. The Morgan fingerprint density at radius 1 is 1.39 bits per heavy atom. The smallest absolute Gasteiger partial charge is 0.243 e. The largest absolute Gasteiger partial charge is 0.338 e. The molecular formula is C18H23N3O2. The Morgan fingerprint density at radius 2 is 2.13 bits per heavy atom. The summed E-state index contributed by atoms with van der Waals surface area (Å²) in [6.07, 6.45) is 1.07. The maximum Gasteiger partial charge on any atom is 0.243 e. The number of amides is 1. The second-order valence-corrected chi connectivity index (χ2v) is 6.28. The van der Waals surface area contributed by atoms with Crippen LogP contribution in [0.25, 0.3) is 0 Å². The van der Waals surface area contributed by atoms with E-state index >= 15 is 0 Å². The van der Waals surface area contributed by atoms with E-state index in [1.54, 1.807) is 6.07 Å². The zero-order chi connectivity index (χ0) is 16.4. The molecule has 0 radical (unpaired) electrons. The van der Waals surface area contributed by atoms with E-state index in [2.05, 4.69) is 46.6 Å². The van der Waals surface area contributed by atoms with E-state index in [4.69, 9.17) is 4.52 Å². The van der Waals surface area contributed by atoms with Crippen LogP contribution in [0, 0.1) is 6.92 Å². The molecule has 3 unspecified atom stereocenters. The first-order chi connectivity index (χ1) is 11.1. The molecule has 5 nitrogen and oxygen atoms in total. The standard InChI is InChI=1S/C18H23N3O2/c1-12-11-17(23-20-12)19-18(22)14(3)21-10-9-16(13(21)2)15-7-5-4-6-8-15/h4-8,11,13-14,16H,9-10H2,1-3H3,(H,19,22). The maximum absolute atomic E-state index is 12.5. The molecular weight excluding hydrogens is 290 g/mol. The molecule has 1 aliphatic rings. The van der Waals surface area contributed by atoms with Crippen LogP contribution in [0.3, 0.4) is 0 Å². The monoisotopic (exact) mass is 313 g/mol. The van der Waals surface area contributed by atoms with Gasteiger partial charge in [0.2, 0.25) is 11.8 Å². The molecule has 0 aliphatic carbocycles. The molecule has 5 heteroatoms. The van der Waals surface area contributed by atoms with Gasteiger partial charge in [0.05, 0.1) is 11.7 Å². The molecule has 0 saturated carbocycles. The molecule has 2 aromatic rings. The number of anilines is 1. The van der Waals surface area contributed by atoms with Crippen molar-refractivity contribution in [2.45, 2.75) is 45.2 Å². The van der Waals surface area contributed by atoms with Gasteiger partial charge < -0.3 is 4.52 Å². The first-order valence-corrected chi connectivity index (χ1v) is 8.11. The number of likely N-dealkylation sites (tertiary alicyclic amines) is 1. The molecule has 1 saturated heterocycles. The first-order valence-electron chi connectivity index (χ1n) is 8.11. The number of carbonyl (C=O) groups is 1. The fourth-order valence-corrected chi connectivity index (χ4v) is 3.45. The van der Waals surface area contributed by atoms with Crippen LogP contribution in [-0.2, 0) is 4.79 Å². The van der Waals surface area contributed by atoms with Crippen molar-refractivity contribution in [2.24, 2.45) is 0 Å². The summed E-state index contributed by atoms with van der Waals surface area (Å²) in [5.74, 6) is 0.825. The number of hydrogen-bond donors (Lipinski definition) is 1. The van der Waals surface area contributed by atoms with Crippen LogP contribution in [0.2, 0.25) is 0 Å². The third kappa shape index (κ3) is 3.29. The Hall–Kier alpha value is -2.14. The molecule has 1 amide bonds. The molecule has 2 heterocycles. The van der Waals surface area contributed by atoms with Crippen LogP contribution in [-0.4, -0.2) is 34.6 Å². The van der Waals surface area contributed by atoms with Gasteiger partial charge in [0.1, 0.15) is 0 Å². The minimum absolute atomic E-state index is 0.0540. The molecule has 1 aromatic heterocycles. The van der Waals surface area contributed by atoms with Crippen LogP contribution >= 0.6 is 0 Å². The van der Waals surface area contributed by atoms with E-state index in [1.165, 1.54) is 5.56 Å². The van der Waals surface area contributed by atoms with Crippen molar-refractivity contribution >= 4 is 11.8 Å². The molecule has 1 aromatic carbocycles. The number of aromatic nitrogens is 1. The van der Waals surface area contributed by atoms with E-state index in [-0.39, 0.29) is 11.9 Å². The average molecular weight is 313 g/mol. The molecule has 1 N–H and O–H groups in total. The van der Waals surface area contributed by atoms with Gasteiger partial charge in [-0.05, 0) is 39.3 Å². The van der Waals surface area contributed by atoms with Gasteiger partial charge in [0, 0.05) is 18.0 Å². The van der Waals surface area contributed by atoms with Crippen molar-refractivity contribution in [1.29, 1.82) is 0 Å². The lowest BCUT2D eigenvalue weighted by Gasteiger charge is -2.29. The third-order valence-corrected chi connectivity index (χ3v) is 4.78. The Labute approximate surface area is 136 Å². The molecule has 23 heavy (non-hydrogen) atoms. The molecule has 3 atom stereocenters. The number of rotatable bonds is 4. The van der Waals surface area contributed by atoms with Gasteiger partial charge in [-0.15, -0.1) is 0 Å². The summed E-state index contributed by atoms with van der Waals surface area (Å²) in [5, 5.41) is 6.59. The van der Waals surface area contributed by atoms with E-state index < -0.39 is 0 Å². The summed E-state index contributed by atoms with van der Waals surface area (Å²) in [4.78, 5) is 14.7. The fourth-order valence-electron chi connectivity index (χ4n) is 3.45. The minimum atomic E-state index is -0.205. The molecule has 0 spiro atoms. The van der Waals surface area contributed by atoms with Gasteiger partial charge in [-0.2, -0.15) is 0 Å². The summed E-state index contributed by atoms with van der Waals surface area (Å²) < 4.78 is 5.06. The van der Waals surface area contributed by atoms with Gasteiger partial charge in [0.25, 0.3) is 0 Å². The summed E-state index contributed by atoms with van der Waals surface area (Å²) in [7, 11) is 0. The summed E-state index contributed by atoms with van der Waals surface area (Å²) in [6.45, 7) is 6.90. The molecule has 0 bridgehead atoms. The highest BCUT2D eigenvalue weighted by atomic mass is 16.5. The minimum Gasteiger partial charge on any atom is -0.338 e. The second kappa shape index (κ2) is 6.54. The van der Waals surface area contributed by atoms with Gasteiger partial charge in [-0.25, -0.2) is 0 Å². The summed E-state index contributed by atoms with van der Waals surface area (Å²) in [5.41, 5.74) is 2.10. The van der Waals surface area contributed by atoms with E-state index in [1.807, 2.05) is 19.9 Å². The number of aryl methyl sites for hydroxylation is 1. The quantitative estimate of drug-likeness (QED) is 0.942. The highest BCUT2D eigenvalue weighted by Gasteiger charge is 2.36. The number of nitrogens with one attached hydrogen (secondary N) is 1. The van der Waals surface area contributed by atoms with Crippen molar-refractivity contribution < 1.29 is 9.32 Å². The average Bonchev–Trinajstić information content (AvgIpc) is 3.13. The predicted molar refractivity (Wildman–Crippen MR) is 89.3 cm³/mol.